The third kappa shape index (κ3) is 4.94. The summed E-state index contributed by atoms with van der Waals surface area (Å²) in [6.45, 7) is 13.7. The number of ether oxygens (including phenoxy) is 1. The first kappa shape index (κ1) is 24.9. The molecule has 0 spiro atoms. The summed E-state index contributed by atoms with van der Waals surface area (Å²) < 4.78 is 7.84. The Bertz CT molecular complexity index is 1300. The zero-order valence-electron chi connectivity index (χ0n) is 21.4. The number of aromatic nitrogens is 1. The van der Waals surface area contributed by atoms with E-state index in [1.54, 1.807) is 4.90 Å². The lowest BCUT2D eigenvalue weighted by molar-refractivity contribution is -0.122. The van der Waals surface area contributed by atoms with Crippen molar-refractivity contribution in [2.24, 2.45) is 4.99 Å². The summed E-state index contributed by atoms with van der Waals surface area (Å²) in [6, 6.07) is 16.3. The highest BCUT2D eigenvalue weighted by Crippen LogP contribution is 2.36. The molecule has 0 saturated carbocycles. The van der Waals surface area contributed by atoms with E-state index in [0.717, 1.165) is 34.8 Å². The third-order valence-corrected chi connectivity index (χ3v) is 7.27. The predicted octanol–water partition coefficient (Wildman–Crippen LogP) is 6.99. The Morgan fingerprint density at radius 1 is 1.03 bits per heavy atom. The Morgan fingerprint density at radius 2 is 1.77 bits per heavy atom. The Balaban J connectivity index is 1.69. The quantitative estimate of drug-likeness (QED) is 0.338. The van der Waals surface area contributed by atoms with Crippen LogP contribution >= 0.6 is 11.8 Å². The monoisotopic (exact) mass is 487 g/mol. The molecule has 0 aliphatic carbocycles. The summed E-state index contributed by atoms with van der Waals surface area (Å²) in [6.07, 6.45) is 2.98. The molecule has 4 rings (SSSR count). The highest BCUT2D eigenvalue weighted by molar-refractivity contribution is 8.18. The minimum Gasteiger partial charge on any atom is -0.494 e. The standard InChI is InChI=1S/C29H33N3O2S/c1-7-22-12-10-11-19(4)27(22)32-20(5)17-23(21(32)6)18-26-28(33)31(8-2)29(35-26)30-24-13-15-25(16-14-24)34-9-3/h10-18H,7-9H2,1-6H3/b26-18-,30-29?. The molecule has 182 valence electrons. The molecule has 3 aromatic rings. The molecular formula is C29H33N3O2S. The lowest BCUT2D eigenvalue weighted by Gasteiger charge is -2.17. The van der Waals surface area contributed by atoms with E-state index >= 15 is 0 Å². The number of rotatable bonds is 7. The van der Waals surface area contributed by atoms with Crippen molar-refractivity contribution in [3.8, 4) is 11.4 Å². The van der Waals surface area contributed by atoms with Gasteiger partial charge in [0.25, 0.3) is 5.91 Å². The molecule has 1 fully saturated rings. The van der Waals surface area contributed by atoms with Gasteiger partial charge in [0.1, 0.15) is 5.75 Å². The van der Waals surface area contributed by atoms with Gasteiger partial charge >= 0.3 is 0 Å². The van der Waals surface area contributed by atoms with E-state index in [9.17, 15) is 4.79 Å². The Hall–Kier alpha value is -3.25. The van der Waals surface area contributed by atoms with Crippen molar-refractivity contribution in [3.05, 3.63) is 81.5 Å². The number of thioether (sulfide) groups is 1. The summed E-state index contributed by atoms with van der Waals surface area (Å²) in [5.41, 5.74) is 7.96. The number of benzene rings is 2. The van der Waals surface area contributed by atoms with Crippen LogP contribution in [0.25, 0.3) is 11.8 Å². The van der Waals surface area contributed by atoms with Gasteiger partial charge in [0.15, 0.2) is 5.17 Å². The molecule has 1 saturated heterocycles. The minimum atomic E-state index is -0.00266. The van der Waals surface area contributed by atoms with Crippen LogP contribution < -0.4 is 4.74 Å². The molecular weight excluding hydrogens is 454 g/mol. The second kappa shape index (κ2) is 10.6. The Morgan fingerprint density at radius 3 is 2.43 bits per heavy atom. The number of carbonyl (C=O) groups is 1. The van der Waals surface area contributed by atoms with Gasteiger partial charge in [-0.3, -0.25) is 9.69 Å². The van der Waals surface area contributed by atoms with Gasteiger partial charge in [-0.1, -0.05) is 25.1 Å². The topological polar surface area (TPSA) is 46.8 Å². The maximum Gasteiger partial charge on any atom is 0.266 e. The number of aryl methyl sites for hydroxylation is 3. The van der Waals surface area contributed by atoms with E-state index in [2.05, 4.69) is 56.5 Å². The van der Waals surface area contributed by atoms with Crippen LogP contribution in [0.1, 0.15) is 48.8 Å². The minimum absolute atomic E-state index is 0.00266. The number of amidine groups is 1. The van der Waals surface area contributed by atoms with E-state index in [-0.39, 0.29) is 5.91 Å². The predicted molar refractivity (Wildman–Crippen MR) is 147 cm³/mol. The van der Waals surface area contributed by atoms with Crippen molar-refractivity contribution in [3.63, 3.8) is 0 Å². The second-order valence-electron chi connectivity index (χ2n) is 8.58. The molecule has 6 heteroatoms. The third-order valence-electron chi connectivity index (χ3n) is 6.26. The molecule has 0 N–H and O–H groups in total. The number of likely N-dealkylation sites (N-methyl/N-ethyl adjacent to an activating group) is 1. The average Bonchev–Trinajstić information content (AvgIpc) is 3.29. The van der Waals surface area contributed by atoms with Crippen LogP contribution in [0, 0.1) is 20.8 Å². The normalized spacial score (nSPS) is 16.1. The molecule has 0 atom stereocenters. The summed E-state index contributed by atoms with van der Waals surface area (Å²) in [7, 11) is 0. The number of aliphatic imine (C=N–C) groups is 1. The van der Waals surface area contributed by atoms with Gasteiger partial charge in [-0.05, 0) is 106 Å². The largest absolute Gasteiger partial charge is 0.494 e. The Labute approximate surface area is 212 Å². The zero-order valence-corrected chi connectivity index (χ0v) is 22.2. The molecule has 1 aliphatic rings. The van der Waals surface area contributed by atoms with Gasteiger partial charge in [-0.25, -0.2) is 4.99 Å². The van der Waals surface area contributed by atoms with Gasteiger partial charge in [-0.2, -0.15) is 0 Å². The number of nitrogens with zero attached hydrogens (tertiary/aromatic N) is 3. The van der Waals surface area contributed by atoms with E-state index in [4.69, 9.17) is 9.73 Å². The van der Waals surface area contributed by atoms with Crippen LogP contribution in [-0.2, 0) is 11.2 Å². The van der Waals surface area contributed by atoms with Crippen LogP contribution in [0.3, 0.4) is 0 Å². The molecule has 1 amide bonds. The van der Waals surface area contributed by atoms with Gasteiger partial charge in [0.2, 0.25) is 0 Å². The van der Waals surface area contributed by atoms with E-state index in [1.807, 2.05) is 44.2 Å². The highest BCUT2D eigenvalue weighted by Gasteiger charge is 2.32. The zero-order chi connectivity index (χ0) is 25.1. The molecule has 1 aromatic heterocycles. The fraction of sp³-hybridized carbons (Fsp3) is 0.310. The number of amides is 1. The van der Waals surface area contributed by atoms with Crippen LogP contribution in [-0.4, -0.2) is 33.7 Å². The number of hydrogen-bond acceptors (Lipinski definition) is 4. The lowest BCUT2D eigenvalue weighted by atomic mass is 10.1. The summed E-state index contributed by atoms with van der Waals surface area (Å²) in [4.78, 5) is 20.4. The molecule has 1 aliphatic heterocycles. The first-order chi connectivity index (χ1) is 16.9. The first-order valence-electron chi connectivity index (χ1n) is 12.2. The van der Waals surface area contributed by atoms with Crippen molar-refractivity contribution < 1.29 is 9.53 Å². The molecule has 2 heterocycles. The smallest absolute Gasteiger partial charge is 0.266 e. The second-order valence-corrected chi connectivity index (χ2v) is 9.59. The maximum atomic E-state index is 13.2. The highest BCUT2D eigenvalue weighted by atomic mass is 32.2. The molecule has 5 nitrogen and oxygen atoms in total. The van der Waals surface area contributed by atoms with E-state index < -0.39 is 0 Å². The van der Waals surface area contributed by atoms with E-state index in [1.165, 1.54) is 28.6 Å². The summed E-state index contributed by atoms with van der Waals surface area (Å²) in [5, 5.41) is 0.703. The van der Waals surface area contributed by atoms with Gasteiger partial charge in [-0.15, -0.1) is 0 Å². The van der Waals surface area contributed by atoms with Crippen LogP contribution in [0.15, 0.2) is 58.4 Å². The van der Waals surface area contributed by atoms with Gasteiger partial charge < -0.3 is 9.30 Å². The number of carbonyl (C=O) groups excluding carboxylic acids is 1. The first-order valence-corrected chi connectivity index (χ1v) is 13.0. The van der Waals surface area contributed by atoms with Crippen molar-refractivity contribution in [1.29, 1.82) is 0 Å². The molecule has 0 radical (unpaired) electrons. The van der Waals surface area contributed by atoms with Crippen LogP contribution in [0.4, 0.5) is 5.69 Å². The average molecular weight is 488 g/mol. The van der Waals surface area contributed by atoms with Crippen molar-refractivity contribution in [1.82, 2.24) is 9.47 Å². The maximum absolute atomic E-state index is 13.2. The molecule has 35 heavy (non-hydrogen) atoms. The van der Waals surface area contributed by atoms with Crippen molar-refractivity contribution >= 4 is 34.6 Å². The number of hydrogen-bond donors (Lipinski definition) is 0. The fourth-order valence-corrected chi connectivity index (χ4v) is 5.56. The SMILES string of the molecule is CCOc1ccc(N=C2S/C(=C\c3cc(C)n(-c4c(C)cccc4CC)c3C)C(=O)N2CC)cc1. The van der Waals surface area contributed by atoms with Gasteiger partial charge in [0.05, 0.1) is 22.9 Å². The number of para-hydroxylation sites is 1. The molecule has 2 aromatic carbocycles. The van der Waals surface area contributed by atoms with Crippen molar-refractivity contribution in [2.45, 2.75) is 48.0 Å². The molecule has 0 bridgehead atoms. The van der Waals surface area contributed by atoms with Crippen molar-refractivity contribution in [2.75, 3.05) is 13.2 Å². The fourth-order valence-electron chi connectivity index (χ4n) is 4.51. The summed E-state index contributed by atoms with van der Waals surface area (Å²) in [5.74, 6) is 0.812. The van der Waals surface area contributed by atoms with Crippen LogP contribution in [0.5, 0.6) is 5.75 Å². The van der Waals surface area contributed by atoms with Crippen LogP contribution in [0.2, 0.25) is 0 Å². The lowest BCUT2D eigenvalue weighted by Crippen LogP contribution is -2.28. The Kier molecular flexibility index (Phi) is 7.51. The summed E-state index contributed by atoms with van der Waals surface area (Å²) >= 11 is 1.43. The van der Waals surface area contributed by atoms with Gasteiger partial charge in [0, 0.05) is 17.9 Å². The van der Waals surface area contributed by atoms with E-state index in [0.29, 0.717) is 23.2 Å². The molecule has 0 unspecified atom stereocenters.